The van der Waals surface area contributed by atoms with E-state index in [1.165, 1.54) is 32.1 Å². The van der Waals surface area contributed by atoms with Crippen LogP contribution in [0.2, 0.25) is 0 Å². The van der Waals surface area contributed by atoms with E-state index in [0.717, 1.165) is 50.8 Å². The van der Waals surface area contributed by atoms with Gasteiger partial charge in [0, 0.05) is 19.0 Å². The molecular formula is C25H40N8O. The Balaban J connectivity index is 1.44. The fraction of sp³-hybridized carbons (Fsp3) is 0.840. The molecule has 34 heavy (non-hydrogen) atoms. The van der Waals surface area contributed by atoms with Gasteiger partial charge in [-0.05, 0) is 69.1 Å². The molecule has 2 aliphatic rings. The van der Waals surface area contributed by atoms with Crippen molar-refractivity contribution in [2.75, 3.05) is 0 Å². The number of nitriles is 1. The summed E-state index contributed by atoms with van der Waals surface area (Å²) in [6, 6.07) is 2.41. The molecule has 0 aliphatic heterocycles. The fourth-order valence-electron chi connectivity index (χ4n) is 6.31. The first kappa shape index (κ1) is 24.6. The smallest absolute Gasteiger partial charge is 0.278 e. The van der Waals surface area contributed by atoms with Crippen LogP contribution in [0.5, 0.6) is 0 Å². The second-order valence-corrected chi connectivity index (χ2v) is 10.4. The zero-order valence-corrected chi connectivity index (χ0v) is 20.8. The Hall–Kier alpha value is -2.50. The molecule has 2 fully saturated rings. The number of aromatic nitrogens is 7. The van der Waals surface area contributed by atoms with Crippen LogP contribution in [0, 0.1) is 29.1 Å². The lowest BCUT2D eigenvalue weighted by Gasteiger charge is -2.39. The first-order valence-electron chi connectivity index (χ1n) is 13.5. The highest BCUT2D eigenvalue weighted by molar-refractivity contribution is 5.09. The molecule has 2 saturated carbocycles. The molecule has 186 valence electrons. The van der Waals surface area contributed by atoms with E-state index in [1.807, 2.05) is 4.57 Å². The summed E-state index contributed by atoms with van der Waals surface area (Å²) in [6.07, 6.45) is 13.2. The normalized spacial score (nSPS) is 26.3. The lowest BCUT2D eigenvalue weighted by Crippen LogP contribution is -2.32. The van der Waals surface area contributed by atoms with Crippen LogP contribution in [0.25, 0.3) is 0 Å². The van der Waals surface area contributed by atoms with Crippen molar-refractivity contribution in [2.24, 2.45) is 17.8 Å². The third-order valence-electron chi connectivity index (χ3n) is 8.17. The quantitative estimate of drug-likeness (QED) is 0.547. The van der Waals surface area contributed by atoms with Gasteiger partial charge in [-0.3, -0.25) is 4.57 Å². The molecule has 2 aromatic heterocycles. The van der Waals surface area contributed by atoms with Gasteiger partial charge in [-0.2, -0.15) is 15.6 Å². The number of rotatable bonds is 10. The van der Waals surface area contributed by atoms with E-state index in [1.54, 1.807) is 4.68 Å². The number of aryl methyl sites for hydroxylation is 1. The average Bonchev–Trinajstić information content (AvgIpc) is 3.51. The lowest BCUT2D eigenvalue weighted by atomic mass is 9.66. The zero-order valence-electron chi connectivity index (χ0n) is 20.8. The molecule has 0 radical (unpaired) electrons. The summed E-state index contributed by atoms with van der Waals surface area (Å²) in [7, 11) is 0. The average molecular weight is 469 g/mol. The maximum Gasteiger partial charge on any atom is 0.345 e. The Labute approximate surface area is 202 Å². The summed E-state index contributed by atoms with van der Waals surface area (Å²) >= 11 is 0. The maximum absolute atomic E-state index is 13.2. The molecule has 4 rings (SSSR count). The Morgan fingerprint density at radius 3 is 2.59 bits per heavy atom. The van der Waals surface area contributed by atoms with Crippen molar-refractivity contribution in [1.82, 2.24) is 35.0 Å². The van der Waals surface area contributed by atoms with Gasteiger partial charge in [0.15, 0.2) is 11.6 Å². The number of H-pyrrole nitrogens is 1. The van der Waals surface area contributed by atoms with E-state index in [-0.39, 0.29) is 11.6 Å². The fourth-order valence-corrected chi connectivity index (χ4v) is 6.31. The summed E-state index contributed by atoms with van der Waals surface area (Å²) in [6.45, 7) is 5.51. The van der Waals surface area contributed by atoms with Crippen molar-refractivity contribution < 1.29 is 0 Å². The molecule has 0 spiro atoms. The Bertz CT molecular complexity index is 980. The second kappa shape index (κ2) is 11.8. The van der Waals surface area contributed by atoms with Crippen molar-refractivity contribution in [3.63, 3.8) is 0 Å². The summed E-state index contributed by atoms with van der Waals surface area (Å²) < 4.78 is 3.44. The van der Waals surface area contributed by atoms with Crippen molar-refractivity contribution in [2.45, 2.75) is 116 Å². The standard InChI is InChI=1S/C25H40N8O/c1-3-5-15-33-25(34)32(24(29-33)20(16-26)8-4-2)17-18-11-13-19(14-12-18)21-9-6-7-10-22(21)23-27-30-31-28-23/h18-22H,3-15,17H2,1-2H3,(H,27,28,30,31). The van der Waals surface area contributed by atoms with Crippen LogP contribution in [0.3, 0.4) is 0 Å². The van der Waals surface area contributed by atoms with Crippen molar-refractivity contribution in [3.8, 4) is 6.07 Å². The van der Waals surface area contributed by atoms with Gasteiger partial charge in [0.1, 0.15) is 5.92 Å². The minimum Gasteiger partial charge on any atom is -0.278 e. The first-order valence-corrected chi connectivity index (χ1v) is 13.5. The van der Waals surface area contributed by atoms with E-state index in [4.69, 9.17) is 0 Å². The zero-order chi connectivity index (χ0) is 23.9. The number of nitrogens with one attached hydrogen (secondary N) is 1. The summed E-state index contributed by atoms with van der Waals surface area (Å²) in [5, 5.41) is 29.5. The summed E-state index contributed by atoms with van der Waals surface area (Å²) in [5.74, 6) is 3.47. The highest BCUT2D eigenvalue weighted by atomic mass is 16.2. The predicted octanol–water partition coefficient (Wildman–Crippen LogP) is 4.55. The molecule has 9 nitrogen and oxygen atoms in total. The van der Waals surface area contributed by atoms with Gasteiger partial charge in [-0.25, -0.2) is 9.48 Å². The predicted molar refractivity (Wildman–Crippen MR) is 129 cm³/mol. The maximum atomic E-state index is 13.2. The van der Waals surface area contributed by atoms with Crippen LogP contribution in [0.4, 0.5) is 0 Å². The van der Waals surface area contributed by atoms with E-state index in [9.17, 15) is 10.1 Å². The Morgan fingerprint density at radius 2 is 1.91 bits per heavy atom. The molecule has 3 unspecified atom stereocenters. The molecule has 1 N–H and O–H groups in total. The van der Waals surface area contributed by atoms with E-state index >= 15 is 0 Å². The molecule has 0 saturated heterocycles. The van der Waals surface area contributed by atoms with Crippen LogP contribution >= 0.6 is 0 Å². The van der Waals surface area contributed by atoms with Crippen molar-refractivity contribution in [3.05, 3.63) is 22.1 Å². The Kier molecular flexibility index (Phi) is 8.52. The number of unbranched alkanes of at least 4 members (excludes halogenated alkanes) is 1. The largest absolute Gasteiger partial charge is 0.345 e. The van der Waals surface area contributed by atoms with Gasteiger partial charge in [-0.15, -0.1) is 10.2 Å². The third kappa shape index (κ3) is 5.42. The van der Waals surface area contributed by atoms with Crippen LogP contribution in [0.15, 0.2) is 4.79 Å². The van der Waals surface area contributed by atoms with E-state index < -0.39 is 0 Å². The number of nitrogens with zero attached hydrogens (tertiary/aromatic N) is 7. The van der Waals surface area contributed by atoms with E-state index in [2.05, 4.69) is 45.6 Å². The molecular weight excluding hydrogens is 428 g/mol. The van der Waals surface area contributed by atoms with Gasteiger partial charge in [0.25, 0.3) is 0 Å². The number of aromatic amines is 1. The van der Waals surface area contributed by atoms with Gasteiger partial charge >= 0.3 is 5.69 Å². The van der Waals surface area contributed by atoms with Crippen LogP contribution in [0.1, 0.15) is 114 Å². The number of hydrogen-bond donors (Lipinski definition) is 1. The van der Waals surface area contributed by atoms with Crippen LogP contribution in [-0.4, -0.2) is 35.0 Å². The summed E-state index contributed by atoms with van der Waals surface area (Å²) in [4.78, 5) is 13.2. The highest BCUT2D eigenvalue weighted by Crippen LogP contribution is 2.46. The Morgan fingerprint density at radius 1 is 1.12 bits per heavy atom. The SMILES string of the molecule is CCCCn1nc(C(C#N)CCC)n(CC2CCC(C3CCCCC3c3nn[nH]n3)CC2)c1=O. The van der Waals surface area contributed by atoms with Crippen molar-refractivity contribution in [1.29, 1.82) is 5.26 Å². The summed E-state index contributed by atoms with van der Waals surface area (Å²) in [5.41, 5.74) is -0.0358. The molecule has 2 heterocycles. The van der Waals surface area contributed by atoms with Crippen LogP contribution in [-0.2, 0) is 13.1 Å². The first-order chi connectivity index (χ1) is 16.7. The molecule has 0 aromatic carbocycles. The van der Waals surface area contributed by atoms with Gasteiger partial charge < -0.3 is 0 Å². The molecule has 0 bridgehead atoms. The molecule has 2 aromatic rings. The minimum atomic E-state index is -0.310. The molecule has 3 atom stereocenters. The number of hydrogen-bond acceptors (Lipinski definition) is 6. The van der Waals surface area contributed by atoms with Gasteiger partial charge in [0.05, 0.1) is 6.07 Å². The van der Waals surface area contributed by atoms with Crippen LogP contribution < -0.4 is 5.69 Å². The monoisotopic (exact) mass is 468 g/mol. The molecule has 0 amide bonds. The lowest BCUT2D eigenvalue weighted by molar-refractivity contribution is 0.137. The topological polar surface area (TPSA) is 118 Å². The van der Waals surface area contributed by atoms with E-state index in [0.29, 0.717) is 42.6 Å². The molecule has 2 aliphatic carbocycles. The number of tetrazole rings is 1. The third-order valence-corrected chi connectivity index (χ3v) is 8.17. The second-order valence-electron chi connectivity index (χ2n) is 10.4. The highest BCUT2D eigenvalue weighted by Gasteiger charge is 2.37. The van der Waals surface area contributed by atoms with Crippen molar-refractivity contribution >= 4 is 0 Å². The minimum absolute atomic E-state index is 0.0358. The van der Waals surface area contributed by atoms with Gasteiger partial charge in [0.2, 0.25) is 0 Å². The van der Waals surface area contributed by atoms with Gasteiger partial charge in [-0.1, -0.05) is 44.7 Å². The molecule has 9 heteroatoms.